The molecule has 1 aromatic rings. The summed E-state index contributed by atoms with van der Waals surface area (Å²) in [6.45, 7) is 4.02. The largest absolute Gasteiger partial charge is 0.465 e. The van der Waals surface area contributed by atoms with Crippen molar-refractivity contribution in [2.24, 2.45) is 0 Å². The second-order valence-corrected chi connectivity index (χ2v) is 3.39. The summed E-state index contributed by atoms with van der Waals surface area (Å²) in [5, 5.41) is 0. The monoisotopic (exact) mass is 209 g/mol. The highest BCUT2D eigenvalue weighted by Gasteiger charge is 2.17. The zero-order valence-corrected chi connectivity index (χ0v) is 9.19. The number of ether oxygens (including phenoxy) is 1. The van der Waals surface area contributed by atoms with Gasteiger partial charge in [0.2, 0.25) is 0 Å². The van der Waals surface area contributed by atoms with E-state index in [-0.39, 0.29) is 6.04 Å². The topological polar surface area (TPSA) is 48.3 Å². The summed E-state index contributed by atoms with van der Waals surface area (Å²) < 4.78 is 6.39. The van der Waals surface area contributed by atoms with E-state index in [0.29, 0.717) is 17.5 Å². The standard InChI is InChI=1S/C11H15NO3/c1-4-8(2)12-6-5-9(10(12)7-13)11(14)15-3/h5-8H,4H2,1-3H3. The maximum Gasteiger partial charge on any atom is 0.340 e. The van der Waals surface area contributed by atoms with E-state index in [9.17, 15) is 9.59 Å². The summed E-state index contributed by atoms with van der Waals surface area (Å²) in [6.07, 6.45) is 3.33. The lowest BCUT2D eigenvalue weighted by molar-refractivity contribution is 0.0598. The number of nitrogens with zero attached hydrogens (tertiary/aromatic N) is 1. The molecule has 0 aromatic carbocycles. The second-order valence-electron chi connectivity index (χ2n) is 3.39. The lowest BCUT2D eigenvalue weighted by atomic mass is 10.2. The number of methoxy groups -OCH3 is 1. The maximum absolute atomic E-state index is 11.3. The Kier molecular flexibility index (Phi) is 3.66. The van der Waals surface area contributed by atoms with Crippen LogP contribution in [-0.4, -0.2) is 23.9 Å². The molecule has 0 bridgehead atoms. The third-order valence-electron chi connectivity index (χ3n) is 2.54. The molecule has 0 aliphatic heterocycles. The van der Waals surface area contributed by atoms with Gasteiger partial charge in [-0.25, -0.2) is 4.79 Å². The number of rotatable bonds is 4. The van der Waals surface area contributed by atoms with Crippen molar-refractivity contribution in [3.8, 4) is 0 Å². The van der Waals surface area contributed by atoms with Crippen LogP contribution in [0.4, 0.5) is 0 Å². The van der Waals surface area contributed by atoms with Crippen molar-refractivity contribution in [2.45, 2.75) is 26.3 Å². The predicted octanol–water partition coefficient (Wildman–Crippen LogP) is 2.06. The number of carbonyl (C=O) groups excluding carboxylic acids is 2. The zero-order valence-electron chi connectivity index (χ0n) is 9.19. The van der Waals surface area contributed by atoms with Gasteiger partial charge in [0.1, 0.15) is 0 Å². The van der Waals surface area contributed by atoms with Crippen molar-refractivity contribution in [1.82, 2.24) is 4.57 Å². The Morgan fingerprint density at radius 2 is 2.33 bits per heavy atom. The highest BCUT2D eigenvalue weighted by Crippen LogP contribution is 2.18. The van der Waals surface area contributed by atoms with Gasteiger partial charge in [0.15, 0.2) is 6.29 Å². The summed E-state index contributed by atoms with van der Waals surface area (Å²) >= 11 is 0. The number of hydrogen-bond donors (Lipinski definition) is 0. The van der Waals surface area contributed by atoms with Crippen LogP contribution in [0.3, 0.4) is 0 Å². The number of esters is 1. The Labute approximate surface area is 88.8 Å². The molecule has 0 aliphatic carbocycles. The van der Waals surface area contributed by atoms with E-state index in [1.54, 1.807) is 16.8 Å². The Morgan fingerprint density at radius 3 is 2.80 bits per heavy atom. The normalized spacial score (nSPS) is 12.2. The summed E-state index contributed by atoms with van der Waals surface area (Å²) in [5.74, 6) is -0.473. The van der Waals surface area contributed by atoms with E-state index in [1.807, 2.05) is 13.8 Å². The number of aromatic nitrogens is 1. The molecule has 15 heavy (non-hydrogen) atoms. The van der Waals surface area contributed by atoms with Gasteiger partial charge < -0.3 is 9.30 Å². The molecule has 0 aliphatic rings. The smallest absolute Gasteiger partial charge is 0.340 e. The molecule has 0 spiro atoms. The highest BCUT2D eigenvalue weighted by molar-refractivity contribution is 5.97. The van der Waals surface area contributed by atoms with E-state index in [4.69, 9.17) is 0 Å². The predicted molar refractivity (Wildman–Crippen MR) is 56.2 cm³/mol. The second kappa shape index (κ2) is 4.77. The van der Waals surface area contributed by atoms with Crippen molar-refractivity contribution in [1.29, 1.82) is 0 Å². The average Bonchev–Trinajstić information content (AvgIpc) is 2.70. The molecule has 0 N–H and O–H groups in total. The zero-order chi connectivity index (χ0) is 11.4. The van der Waals surface area contributed by atoms with Crippen LogP contribution in [0, 0.1) is 0 Å². The molecule has 1 heterocycles. The summed E-state index contributed by atoms with van der Waals surface area (Å²) in [7, 11) is 1.30. The minimum Gasteiger partial charge on any atom is -0.465 e. The lowest BCUT2D eigenvalue weighted by Gasteiger charge is -2.12. The van der Waals surface area contributed by atoms with Crippen LogP contribution < -0.4 is 0 Å². The first-order valence-electron chi connectivity index (χ1n) is 4.90. The summed E-state index contributed by atoms with van der Waals surface area (Å²) in [5.41, 5.74) is 0.712. The van der Waals surface area contributed by atoms with Crippen LogP contribution >= 0.6 is 0 Å². The molecule has 0 amide bonds. The first-order valence-corrected chi connectivity index (χ1v) is 4.90. The molecule has 1 unspecified atom stereocenters. The number of aldehydes is 1. The Balaban J connectivity index is 3.16. The first kappa shape index (κ1) is 11.5. The minimum atomic E-state index is -0.473. The van der Waals surface area contributed by atoms with Crippen LogP contribution in [0.1, 0.15) is 47.2 Å². The summed E-state index contributed by atoms with van der Waals surface area (Å²) in [4.78, 5) is 22.2. The Hall–Kier alpha value is -1.58. The van der Waals surface area contributed by atoms with E-state index in [2.05, 4.69) is 4.74 Å². The Morgan fingerprint density at radius 1 is 1.67 bits per heavy atom. The van der Waals surface area contributed by atoms with Gasteiger partial charge >= 0.3 is 5.97 Å². The molecule has 82 valence electrons. The van der Waals surface area contributed by atoms with Crippen LogP contribution in [0.25, 0.3) is 0 Å². The van der Waals surface area contributed by atoms with E-state index in [0.717, 1.165) is 6.42 Å². The molecule has 0 saturated carbocycles. The third-order valence-corrected chi connectivity index (χ3v) is 2.54. The third kappa shape index (κ3) is 2.09. The molecule has 4 heteroatoms. The molecule has 1 atom stereocenters. The van der Waals surface area contributed by atoms with Crippen LogP contribution in [-0.2, 0) is 4.74 Å². The molecule has 0 radical (unpaired) electrons. The average molecular weight is 209 g/mol. The van der Waals surface area contributed by atoms with Crippen molar-refractivity contribution in [3.63, 3.8) is 0 Å². The van der Waals surface area contributed by atoms with Gasteiger partial charge in [0.25, 0.3) is 0 Å². The van der Waals surface area contributed by atoms with Gasteiger partial charge in [-0.15, -0.1) is 0 Å². The van der Waals surface area contributed by atoms with Gasteiger partial charge in [0, 0.05) is 12.2 Å². The van der Waals surface area contributed by atoms with Crippen molar-refractivity contribution in [3.05, 3.63) is 23.5 Å². The molecule has 1 aromatic heterocycles. The van der Waals surface area contributed by atoms with Crippen LogP contribution in [0.2, 0.25) is 0 Å². The van der Waals surface area contributed by atoms with E-state index < -0.39 is 5.97 Å². The maximum atomic E-state index is 11.3. The van der Waals surface area contributed by atoms with Gasteiger partial charge in [-0.05, 0) is 19.4 Å². The molecule has 4 nitrogen and oxygen atoms in total. The summed E-state index contributed by atoms with van der Waals surface area (Å²) in [6, 6.07) is 1.81. The quantitative estimate of drug-likeness (QED) is 0.563. The molecular weight excluding hydrogens is 194 g/mol. The van der Waals surface area contributed by atoms with Gasteiger partial charge in [-0.3, -0.25) is 4.79 Å². The fourth-order valence-electron chi connectivity index (χ4n) is 1.45. The van der Waals surface area contributed by atoms with Gasteiger partial charge in [-0.1, -0.05) is 6.92 Å². The first-order chi connectivity index (χ1) is 7.15. The Bertz CT molecular complexity index is 368. The number of hydrogen-bond acceptors (Lipinski definition) is 3. The minimum absolute atomic E-state index is 0.198. The fraction of sp³-hybridized carbons (Fsp3) is 0.455. The lowest BCUT2D eigenvalue weighted by Crippen LogP contribution is -2.10. The highest BCUT2D eigenvalue weighted by atomic mass is 16.5. The molecular formula is C11H15NO3. The molecule has 0 fully saturated rings. The van der Waals surface area contributed by atoms with Crippen LogP contribution in [0.15, 0.2) is 12.3 Å². The van der Waals surface area contributed by atoms with E-state index in [1.165, 1.54) is 7.11 Å². The van der Waals surface area contributed by atoms with Crippen LogP contribution in [0.5, 0.6) is 0 Å². The van der Waals surface area contributed by atoms with E-state index >= 15 is 0 Å². The van der Waals surface area contributed by atoms with Gasteiger partial charge in [-0.2, -0.15) is 0 Å². The molecule has 1 rings (SSSR count). The molecule has 0 saturated heterocycles. The number of carbonyl (C=O) groups is 2. The van der Waals surface area contributed by atoms with Crippen molar-refractivity contribution >= 4 is 12.3 Å². The van der Waals surface area contributed by atoms with Crippen molar-refractivity contribution < 1.29 is 14.3 Å². The van der Waals surface area contributed by atoms with Crippen molar-refractivity contribution in [2.75, 3.05) is 7.11 Å². The fourth-order valence-corrected chi connectivity index (χ4v) is 1.45. The van der Waals surface area contributed by atoms with Gasteiger partial charge in [0.05, 0.1) is 18.4 Å². The SMILES string of the molecule is CCC(C)n1ccc(C(=O)OC)c1C=O.